The standard InChI is InChI=1S/C14H26N2O2/c1-14(6-2-7-15-11-14)13(17)16-8-3-9-18-10-12-4-5-12/h12,15H,2-11H2,1H3,(H,16,17). The SMILES string of the molecule is CC1(C(=O)NCCCOCC2CC2)CCCNC1. The number of ether oxygens (including phenoxy) is 1. The van der Waals surface area contributed by atoms with Crippen molar-refractivity contribution in [3.63, 3.8) is 0 Å². The summed E-state index contributed by atoms with van der Waals surface area (Å²) in [6.07, 6.45) is 5.67. The van der Waals surface area contributed by atoms with Crippen LogP contribution in [0.15, 0.2) is 0 Å². The van der Waals surface area contributed by atoms with E-state index in [1.165, 1.54) is 12.8 Å². The Morgan fingerprint density at radius 3 is 3.00 bits per heavy atom. The molecular formula is C14H26N2O2. The Morgan fingerprint density at radius 1 is 1.50 bits per heavy atom. The summed E-state index contributed by atoms with van der Waals surface area (Å²) in [6.45, 7) is 6.31. The molecule has 2 rings (SSSR count). The zero-order valence-corrected chi connectivity index (χ0v) is 11.5. The van der Waals surface area contributed by atoms with Crippen LogP contribution in [0, 0.1) is 11.3 Å². The van der Waals surface area contributed by atoms with Gasteiger partial charge in [0.25, 0.3) is 0 Å². The minimum Gasteiger partial charge on any atom is -0.381 e. The van der Waals surface area contributed by atoms with Gasteiger partial charge in [-0.1, -0.05) is 0 Å². The molecule has 1 saturated carbocycles. The summed E-state index contributed by atoms with van der Waals surface area (Å²) in [7, 11) is 0. The van der Waals surface area contributed by atoms with Crippen molar-refractivity contribution >= 4 is 5.91 Å². The van der Waals surface area contributed by atoms with Gasteiger partial charge in [0.1, 0.15) is 0 Å². The van der Waals surface area contributed by atoms with Gasteiger partial charge in [-0.15, -0.1) is 0 Å². The fraction of sp³-hybridized carbons (Fsp3) is 0.929. The Hall–Kier alpha value is -0.610. The molecule has 0 radical (unpaired) electrons. The molecule has 1 aliphatic carbocycles. The lowest BCUT2D eigenvalue weighted by Gasteiger charge is -2.32. The fourth-order valence-electron chi connectivity index (χ4n) is 2.37. The molecule has 18 heavy (non-hydrogen) atoms. The molecular weight excluding hydrogens is 228 g/mol. The van der Waals surface area contributed by atoms with Crippen LogP contribution in [-0.2, 0) is 9.53 Å². The van der Waals surface area contributed by atoms with Gasteiger partial charge in [-0.2, -0.15) is 0 Å². The van der Waals surface area contributed by atoms with Crippen molar-refractivity contribution in [3.8, 4) is 0 Å². The normalized spacial score (nSPS) is 28.1. The topological polar surface area (TPSA) is 50.4 Å². The molecule has 1 amide bonds. The Balaban J connectivity index is 1.53. The lowest BCUT2D eigenvalue weighted by atomic mass is 9.82. The quantitative estimate of drug-likeness (QED) is 0.674. The van der Waals surface area contributed by atoms with Gasteiger partial charge in [-0.05, 0) is 51.5 Å². The van der Waals surface area contributed by atoms with Crippen LogP contribution in [0.1, 0.15) is 39.0 Å². The first-order valence-electron chi connectivity index (χ1n) is 7.27. The molecule has 4 nitrogen and oxygen atoms in total. The minimum atomic E-state index is -0.215. The van der Waals surface area contributed by atoms with Crippen molar-refractivity contribution in [2.45, 2.75) is 39.0 Å². The maximum Gasteiger partial charge on any atom is 0.227 e. The maximum absolute atomic E-state index is 12.1. The predicted molar refractivity (Wildman–Crippen MR) is 71.4 cm³/mol. The van der Waals surface area contributed by atoms with E-state index in [-0.39, 0.29) is 11.3 Å². The highest BCUT2D eigenvalue weighted by atomic mass is 16.5. The lowest BCUT2D eigenvalue weighted by Crippen LogP contribution is -2.48. The molecule has 2 aliphatic rings. The zero-order valence-electron chi connectivity index (χ0n) is 11.5. The van der Waals surface area contributed by atoms with E-state index >= 15 is 0 Å². The smallest absolute Gasteiger partial charge is 0.227 e. The van der Waals surface area contributed by atoms with E-state index in [0.717, 1.165) is 58.0 Å². The molecule has 0 aromatic rings. The second kappa shape index (κ2) is 6.53. The maximum atomic E-state index is 12.1. The second-order valence-electron chi connectivity index (χ2n) is 5.97. The first-order valence-corrected chi connectivity index (χ1v) is 7.27. The molecule has 104 valence electrons. The third-order valence-corrected chi connectivity index (χ3v) is 3.95. The number of nitrogens with one attached hydrogen (secondary N) is 2. The van der Waals surface area contributed by atoms with Crippen molar-refractivity contribution in [1.82, 2.24) is 10.6 Å². The lowest BCUT2D eigenvalue weighted by molar-refractivity contribution is -0.131. The molecule has 1 unspecified atom stereocenters. The largest absolute Gasteiger partial charge is 0.381 e. The van der Waals surface area contributed by atoms with Gasteiger partial charge in [0.2, 0.25) is 5.91 Å². The number of hydrogen-bond donors (Lipinski definition) is 2. The molecule has 4 heteroatoms. The number of hydrogen-bond acceptors (Lipinski definition) is 3. The summed E-state index contributed by atoms with van der Waals surface area (Å²) in [4.78, 5) is 12.1. The highest BCUT2D eigenvalue weighted by Gasteiger charge is 2.34. The summed E-state index contributed by atoms with van der Waals surface area (Å²) in [5.41, 5.74) is -0.215. The van der Waals surface area contributed by atoms with Crippen molar-refractivity contribution in [2.24, 2.45) is 11.3 Å². The average Bonchev–Trinajstić information content (AvgIpc) is 3.18. The van der Waals surface area contributed by atoms with Crippen LogP contribution in [0.5, 0.6) is 0 Å². The third kappa shape index (κ3) is 4.25. The molecule has 0 aromatic carbocycles. The number of carbonyl (C=O) groups is 1. The highest BCUT2D eigenvalue weighted by Crippen LogP contribution is 2.28. The van der Waals surface area contributed by atoms with E-state index in [0.29, 0.717) is 0 Å². The summed E-state index contributed by atoms with van der Waals surface area (Å²) in [5, 5.41) is 6.34. The van der Waals surface area contributed by atoms with Crippen LogP contribution < -0.4 is 10.6 Å². The van der Waals surface area contributed by atoms with Gasteiger partial charge < -0.3 is 15.4 Å². The molecule has 0 bridgehead atoms. The van der Waals surface area contributed by atoms with Gasteiger partial charge in [0.05, 0.1) is 5.41 Å². The number of piperidine rings is 1. The third-order valence-electron chi connectivity index (χ3n) is 3.95. The molecule has 0 spiro atoms. The molecule has 1 atom stereocenters. The monoisotopic (exact) mass is 254 g/mol. The summed E-state index contributed by atoms with van der Waals surface area (Å²) < 4.78 is 5.55. The van der Waals surface area contributed by atoms with Crippen LogP contribution in [0.2, 0.25) is 0 Å². The number of amides is 1. The zero-order chi connectivity index (χ0) is 12.8. The van der Waals surface area contributed by atoms with E-state index in [4.69, 9.17) is 4.74 Å². The van der Waals surface area contributed by atoms with E-state index in [2.05, 4.69) is 17.6 Å². The van der Waals surface area contributed by atoms with E-state index < -0.39 is 0 Å². The van der Waals surface area contributed by atoms with Crippen LogP contribution in [0.3, 0.4) is 0 Å². The molecule has 0 aromatic heterocycles. The highest BCUT2D eigenvalue weighted by molar-refractivity contribution is 5.82. The van der Waals surface area contributed by atoms with Gasteiger partial charge >= 0.3 is 0 Å². The van der Waals surface area contributed by atoms with Gasteiger partial charge in [-0.3, -0.25) is 4.79 Å². The Bertz CT molecular complexity index is 271. The first-order chi connectivity index (χ1) is 8.71. The van der Waals surface area contributed by atoms with Gasteiger partial charge in [0, 0.05) is 26.3 Å². The van der Waals surface area contributed by atoms with E-state index in [1.54, 1.807) is 0 Å². The molecule has 2 N–H and O–H groups in total. The first kappa shape index (κ1) is 13.8. The average molecular weight is 254 g/mol. The van der Waals surface area contributed by atoms with Crippen LogP contribution in [0.25, 0.3) is 0 Å². The van der Waals surface area contributed by atoms with Crippen LogP contribution in [0.4, 0.5) is 0 Å². The van der Waals surface area contributed by atoms with E-state index in [1.807, 2.05) is 0 Å². The van der Waals surface area contributed by atoms with E-state index in [9.17, 15) is 4.79 Å². The Morgan fingerprint density at radius 2 is 2.33 bits per heavy atom. The van der Waals surface area contributed by atoms with Crippen molar-refractivity contribution in [2.75, 3.05) is 32.8 Å². The van der Waals surface area contributed by atoms with Gasteiger partial charge in [0.15, 0.2) is 0 Å². The molecule has 2 fully saturated rings. The van der Waals surface area contributed by atoms with Crippen LogP contribution in [-0.4, -0.2) is 38.8 Å². The number of rotatable bonds is 7. The van der Waals surface area contributed by atoms with Crippen molar-refractivity contribution in [3.05, 3.63) is 0 Å². The predicted octanol–water partition coefficient (Wildman–Crippen LogP) is 1.31. The van der Waals surface area contributed by atoms with Gasteiger partial charge in [-0.25, -0.2) is 0 Å². The Labute approximate surface area is 110 Å². The summed E-state index contributed by atoms with van der Waals surface area (Å²) in [6, 6.07) is 0. The molecule has 1 heterocycles. The summed E-state index contributed by atoms with van der Waals surface area (Å²) >= 11 is 0. The van der Waals surface area contributed by atoms with Crippen molar-refractivity contribution in [1.29, 1.82) is 0 Å². The molecule has 1 aliphatic heterocycles. The molecule has 1 saturated heterocycles. The Kier molecular flexibility index (Phi) is 5.01. The van der Waals surface area contributed by atoms with Crippen LogP contribution >= 0.6 is 0 Å². The number of carbonyl (C=O) groups excluding carboxylic acids is 1. The fourth-order valence-corrected chi connectivity index (χ4v) is 2.37. The second-order valence-corrected chi connectivity index (χ2v) is 5.97. The summed E-state index contributed by atoms with van der Waals surface area (Å²) in [5.74, 6) is 1.02. The minimum absolute atomic E-state index is 0.192. The van der Waals surface area contributed by atoms with Crippen molar-refractivity contribution < 1.29 is 9.53 Å².